The molecule has 94 valence electrons. The molecule has 18 heavy (non-hydrogen) atoms. The third-order valence-electron chi connectivity index (χ3n) is 3.26. The molecule has 2 rings (SSSR count). The average molecular weight is 241 g/mol. The number of benzene rings is 1. The minimum atomic E-state index is -0.0656. The Hall–Kier alpha value is -1.71. The molecule has 0 saturated heterocycles. The van der Waals surface area contributed by atoms with Crippen molar-refractivity contribution in [2.24, 2.45) is 5.84 Å². The van der Waals surface area contributed by atoms with E-state index in [1.807, 2.05) is 12.3 Å². The highest BCUT2D eigenvalue weighted by Crippen LogP contribution is 2.22. The highest BCUT2D eigenvalue weighted by molar-refractivity contribution is 5.35. The lowest BCUT2D eigenvalue weighted by molar-refractivity contribution is 0.619. The van der Waals surface area contributed by atoms with E-state index in [0.29, 0.717) is 0 Å². The van der Waals surface area contributed by atoms with Crippen molar-refractivity contribution >= 4 is 0 Å². The molecule has 0 aliphatic carbocycles. The van der Waals surface area contributed by atoms with E-state index in [1.54, 1.807) is 0 Å². The average Bonchev–Trinajstić information content (AvgIpc) is 2.35. The Kier molecular flexibility index (Phi) is 3.75. The summed E-state index contributed by atoms with van der Waals surface area (Å²) in [4.78, 5) is 4.40. The number of hydrogen-bond donors (Lipinski definition) is 2. The molecule has 1 unspecified atom stereocenters. The van der Waals surface area contributed by atoms with E-state index in [-0.39, 0.29) is 6.04 Å². The van der Waals surface area contributed by atoms with Crippen LogP contribution in [-0.2, 0) is 0 Å². The van der Waals surface area contributed by atoms with Gasteiger partial charge in [-0.2, -0.15) is 0 Å². The van der Waals surface area contributed by atoms with Gasteiger partial charge in [-0.3, -0.25) is 10.8 Å². The van der Waals surface area contributed by atoms with Crippen molar-refractivity contribution in [3.8, 4) is 0 Å². The van der Waals surface area contributed by atoms with Crippen LogP contribution < -0.4 is 11.3 Å². The molecule has 2 aromatic rings. The van der Waals surface area contributed by atoms with E-state index < -0.39 is 0 Å². The predicted molar refractivity (Wildman–Crippen MR) is 74.1 cm³/mol. The summed E-state index contributed by atoms with van der Waals surface area (Å²) in [7, 11) is 0. The molecule has 1 atom stereocenters. The molecular weight excluding hydrogens is 222 g/mol. The van der Waals surface area contributed by atoms with Gasteiger partial charge in [-0.15, -0.1) is 0 Å². The Morgan fingerprint density at radius 2 is 1.83 bits per heavy atom. The zero-order valence-corrected chi connectivity index (χ0v) is 11.1. The largest absolute Gasteiger partial charge is 0.271 e. The number of nitrogens with one attached hydrogen (secondary N) is 1. The van der Waals surface area contributed by atoms with Gasteiger partial charge >= 0.3 is 0 Å². The fourth-order valence-corrected chi connectivity index (χ4v) is 2.01. The second kappa shape index (κ2) is 5.29. The number of rotatable bonds is 3. The van der Waals surface area contributed by atoms with Gasteiger partial charge in [-0.25, -0.2) is 5.43 Å². The number of aromatic nitrogens is 1. The van der Waals surface area contributed by atoms with E-state index in [1.165, 1.54) is 16.7 Å². The maximum absolute atomic E-state index is 5.69. The number of hydrogen-bond acceptors (Lipinski definition) is 3. The normalized spacial score (nSPS) is 12.4. The third kappa shape index (κ3) is 2.58. The molecule has 0 aliphatic rings. The van der Waals surface area contributed by atoms with Crippen LogP contribution in [0.15, 0.2) is 36.5 Å². The summed E-state index contributed by atoms with van der Waals surface area (Å²) in [6.45, 7) is 6.27. The van der Waals surface area contributed by atoms with Gasteiger partial charge in [0.15, 0.2) is 0 Å². The van der Waals surface area contributed by atoms with Gasteiger partial charge in [0.25, 0.3) is 0 Å². The number of hydrazine groups is 1. The topological polar surface area (TPSA) is 50.9 Å². The fraction of sp³-hybridized carbons (Fsp3) is 0.267. The molecule has 0 saturated carbocycles. The van der Waals surface area contributed by atoms with E-state index in [0.717, 1.165) is 11.3 Å². The third-order valence-corrected chi connectivity index (χ3v) is 3.26. The van der Waals surface area contributed by atoms with Gasteiger partial charge in [-0.1, -0.05) is 18.2 Å². The maximum atomic E-state index is 5.69. The van der Waals surface area contributed by atoms with Crippen molar-refractivity contribution in [3.63, 3.8) is 0 Å². The molecule has 0 spiro atoms. The van der Waals surface area contributed by atoms with Crippen LogP contribution in [0, 0.1) is 20.8 Å². The molecule has 0 radical (unpaired) electrons. The van der Waals surface area contributed by atoms with Crippen LogP contribution >= 0.6 is 0 Å². The van der Waals surface area contributed by atoms with Crippen molar-refractivity contribution in [2.75, 3.05) is 0 Å². The van der Waals surface area contributed by atoms with E-state index in [2.05, 4.69) is 55.4 Å². The zero-order chi connectivity index (χ0) is 13.1. The summed E-state index contributed by atoms with van der Waals surface area (Å²) < 4.78 is 0. The van der Waals surface area contributed by atoms with E-state index in [9.17, 15) is 0 Å². The number of nitrogens with zero attached hydrogens (tertiary/aromatic N) is 1. The highest BCUT2D eigenvalue weighted by Gasteiger charge is 2.14. The van der Waals surface area contributed by atoms with Gasteiger partial charge in [-0.05, 0) is 55.2 Å². The Labute approximate surface area is 108 Å². The second-order valence-electron chi connectivity index (χ2n) is 4.70. The van der Waals surface area contributed by atoms with E-state index in [4.69, 9.17) is 5.84 Å². The predicted octanol–water partition coefficient (Wildman–Crippen LogP) is 2.56. The fourth-order valence-electron chi connectivity index (χ4n) is 2.01. The summed E-state index contributed by atoms with van der Waals surface area (Å²) in [5.41, 5.74) is 8.66. The van der Waals surface area contributed by atoms with Gasteiger partial charge in [0.05, 0.1) is 11.7 Å². The summed E-state index contributed by atoms with van der Waals surface area (Å²) in [6, 6.07) is 10.3. The molecule has 0 bridgehead atoms. The summed E-state index contributed by atoms with van der Waals surface area (Å²) in [6.07, 6.45) is 1.82. The number of pyridine rings is 1. The second-order valence-corrected chi connectivity index (χ2v) is 4.70. The molecule has 3 heteroatoms. The molecular formula is C15H19N3. The lowest BCUT2D eigenvalue weighted by atomic mass is 9.98. The van der Waals surface area contributed by atoms with Crippen molar-refractivity contribution in [2.45, 2.75) is 26.8 Å². The monoisotopic (exact) mass is 241 g/mol. The number of nitrogens with two attached hydrogens (primary N) is 1. The van der Waals surface area contributed by atoms with Crippen molar-refractivity contribution < 1.29 is 0 Å². The van der Waals surface area contributed by atoms with Gasteiger partial charge in [0.2, 0.25) is 0 Å². The minimum Gasteiger partial charge on any atom is -0.271 e. The van der Waals surface area contributed by atoms with E-state index >= 15 is 0 Å². The quantitative estimate of drug-likeness (QED) is 0.641. The molecule has 0 amide bonds. The Morgan fingerprint density at radius 3 is 2.44 bits per heavy atom. The van der Waals surface area contributed by atoms with Crippen LogP contribution in [0.1, 0.15) is 34.0 Å². The molecule has 1 aromatic carbocycles. The van der Waals surface area contributed by atoms with Gasteiger partial charge in [0, 0.05) is 6.20 Å². The molecule has 0 fully saturated rings. The zero-order valence-electron chi connectivity index (χ0n) is 11.1. The van der Waals surface area contributed by atoms with Crippen molar-refractivity contribution in [3.05, 3.63) is 64.5 Å². The van der Waals surface area contributed by atoms with Crippen LogP contribution in [0.5, 0.6) is 0 Å². The summed E-state index contributed by atoms with van der Waals surface area (Å²) >= 11 is 0. The Morgan fingerprint density at radius 1 is 1.06 bits per heavy atom. The first-order valence-corrected chi connectivity index (χ1v) is 6.07. The van der Waals surface area contributed by atoms with Crippen LogP contribution in [0.25, 0.3) is 0 Å². The molecule has 3 N–H and O–H groups in total. The number of aryl methyl sites for hydroxylation is 3. The molecule has 3 nitrogen and oxygen atoms in total. The van der Waals surface area contributed by atoms with Crippen LogP contribution in [0.3, 0.4) is 0 Å². The Balaban J connectivity index is 2.42. The SMILES string of the molecule is Cc1ccnc(C(NN)c2ccc(C)c(C)c2)c1. The first-order valence-electron chi connectivity index (χ1n) is 6.07. The highest BCUT2D eigenvalue weighted by atomic mass is 15.2. The van der Waals surface area contributed by atoms with Gasteiger partial charge in [0.1, 0.15) is 0 Å². The summed E-state index contributed by atoms with van der Waals surface area (Å²) in [5.74, 6) is 5.69. The molecule has 1 heterocycles. The van der Waals surface area contributed by atoms with Crippen molar-refractivity contribution in [1.29, 1.82) is 0 Å². The van der Waals surface area contributed by atoms with Crippen molar-refractivity contribution in [1.82, 2.24) is 10.4 Å². The molecule has 1 aromatic heterocycles. The first kappa shape index (κ1) is 12.7. The smallest absolute Gasteiger partial charge is 0.0881 e. The van der Waals surface area contributed by atoms with Crippen LogP contribution in [0.4, 0.5) is 0 Å². The minimum absolute atomic E-state index is 0.0656. The maximum Gasteiger partial charge on any atom is 0.0881 e. The lowest BCUT2D eigenvalue weighted by Gasteiger charge is -2.17. The summed E-state index contributed by atoms with van der Waals surface area (Å²) in [5, 5.41) is 0. The standard InChI is InChI=1S/C15H19N3/c1-10-6-7-17-14(8-10)15(18-16)13-5-4-11(2)12(3)9-13/h4-9,15,18H,16H2,1-3H3. The van der Waals surface area contributed by atoms with Crippen LogP contribution in [-0.4, -0.2) is 4.98 Å². The first-order chi connectivity index (χ1) is 8.61. The molecule has 0 aliphatic heterocycles. The lowest BCUT2D eigenvalue weighted by Crippen LogP contribution is -2.29. The van der Waals surface area contributed by atoms with Crippen LogP contribution in [0.2, 0.25) is 0 Å². The Bertz CT molecular complexity index is 549. The van der Waals surface area contributed by atoms with Gasteiger partial charge < -0.3 is 0 Å².